The smallest absolute Gasteiger partial charge is 0.0212 e. The zero-order valence-electron chi connectivity index (χ0n) is 11.6. The van der Waals surface area contributed by atoms with Gasteiger partial charge in [0.05, 0.1) is 0 Å². The third-order valence-corrected chi connectivity index (χ3v) is 4.07. The molecule has 1 aliphatic rings. The molecule has 0 saturated heterocycles. The summed E-state index contributed by atoms with van der Waals surface area (Å²) in [6, 6.07) is 1.38. The molecule has 96 valence electrons. The van der Waals surface area contributed by atoms with Gasteiger partial charge in [0.1, 0.15) is 0 Å². The molecule has 2 heteroatoms. The molecule has 1 aliphatic carbocycles. The molecule has 1 fully saturated rings. The third kappa shape index (κ3) is 4.84. The van der Waals surface area contributed by atoms with Gasteiger partial charge in [-0.3, -0.25) is 0 Å². The highest BCUT2D eigenvalue weighted by Crippen LogP contribution is 2.28. The van der Waals surface area contributed by atoms with Gasteiger partial charge >= 0.3 is 0 Å². The molecular formula is C14H30N2. The molecule has 0 aromatic heterocycles. The second-order valence-corrected chi connectivity index (χ2v) is 5.72. The van der Waals surface area contributed by atoms with Gasteiger partial charge in [-0.05, 0) is 39.8 Å². The SMILES string of the molecule is CCC(CNC(C)CC1CCCC1)N(C)C. The molecule has 0 amide bonds. The van der Waals surface area contributed by atoms with Gasteiger partial charge in [0.15, 0.2) is 0 Å². The van der Waals surface area contributed by atoms with Gasteiger partial charge in [-0.15, -0.1) is 0 Å². The lowest BCUT2D eigenvalue weighted by molar-refractivity contribution is 0.263. The van der Waals surface area contributed by atoms with Gasteiger partial charge < -0.3 is 10.2 Å². The standard InChI is InChI=1S/C14H30N2/c1-5-14(16(3)4)11-15-12(2)10-13-8-6-7-9-13/h12-15H,5-11H2,1-4H3. The molecule has 1 saturated carbocycles. The Morgan fingerprint density at radius 1 is 1.25 bits per heavy atom. The van der Waals surface area contributed by atoms with Gasteiger partial charge in [-0.1, -0.05) is 32.6 Å². The van der Waals surface area contributed by atoms with E-state index in [1.165, 1.54) is 38.5 Å². The van der Waals surface area contributed by atoms with Crippen LogP contribution in [-0.2, 0) is 0 Å². The highest BCUT2D eigenvalue weighted by Gasteiger charge is 2.18. The topological polar surface area (TPSA) is 15.3 Å². The lowest BCUT2D eigenvalue weighted by atomic mass is 9.99. The Morgan fingerprint density at radius 2 is 1.88 bits per heavy atom. The van der Waals surface area contributed by atoms with Gasteiger partial charge in [0, 0.05) is 18.6 Å². The fraction of sp³-hybridized carbons (Fsp3) is 1.00. The second-order valence-electron chi connectivity index (χ2n) is 5.72. The van der Waals surface area contributed by atoms with Crippen molar-refractivity contribution in [1.29, 1.82) is 0 Å². The summed E-state index contributed by atoms with van der Waals surface area (Å²) in [6.45, 7) is 5.76. The van der Waals surface area contributed by atoms with Crippen LogP contribution in [0.15, 0.2) is 0 Å². The summed E-state index contributed by atoms with van der Waals surface area (Å²) in [5, 5.41) is 3.70. The molecule has 1 N–H and O–H groups in total. The number of hydrogen-bond donors (Lipinski definition) is 1. The van der Waals surface area contributed by atoms with Crippen molar-refractivity contribution < 1.29 is 0 Å². The van der Waals surface area contributed by atoms with Gasteiger partial charge in [-0.2, -0.15) is 0 Å². The van der Waals surface area contributed by atoms with E-state index in [1.807, 2.05) is 0 Å². The first kappa shape index (κ1) is 14.0. The van der Waals surface area contributed by atoms with E-state index < -0.39 is 0 Å². The Bertz CT molecular complexity index is 174. The first-order chi connectivity index (χ1) is 7.63. The molecule has 0 bridgehead atoms. The van der Waals surface area contributed by atoms with Crippen LogP contribution in [0.2, 0.25) is 0 Å². The predicted molar refractivity (Wildman–Crippen MR) is 71.8 cm³/mol. The van der Waals surface area contributed by atoms with E-state index in [9.17, 15) is 0 Å². The van der Waals surface area contributed by atoms with Crippen molar-refractivity contribution in [2.75, 3.05) is 20.6 Å². The van der Waals surface area contributed by atoms with E-state index >= 15 is 0 Å². The molecule has 0 spiro atoms. The van der Waals surface area contributed by atoms with Crippen molar-refractivity contribution in [3.05, 3.63) is 0 Å². The summed E-state index contributed by atoms with van der Waals surface area (Å²) in [5.41, 5.74) is 0. The highest BCUT2D eigenvalue weighted by molar-refractivity contribution is 4.75. The number of likely N-dealkylation sites (N-methyl/N-ethyl adjacent to an activating group) is 1. The molecule has 0 aliphatic heterocycles. The van der Waals surface area contributed by atoms with Crippen LogP contribution < -0.4 is 5.32 Å². The lowest BCUT2D eigenvalue weighted by Crippen LogP contribution is -2.41. The summed E-state index contributed by atoms with van der Waals surface area (Å²) in [4.78, 5) is 2.33. The van der Waals surface area contributed by atoms with Crippen molar-refractivity contribution in [1.82, 2.24) is 10.2 Å². The van der Waals surface area contributed by atoms with Crippen LogP contribution in [0.3, 0.4) is 0 Å². The van der Waals surface area contributed by atoms with Crippen LogP contribution in [0.5, 0.6) is 0 Å². The van der Waals surface area contributed by atoms with Crippen LogP contribution in [0.1, 0.15) is 52.4 Å². The normalized spacial score (nSPS) is 21.6. The maximum atomic E-state index is 3.70. The van der Waals surface area contributed by atoms with Crippen molar-refractivity contribution >= 4 is 0 Å². The fourth-order valence-electron chi connectivity index (χ4n) is 2.86. The minimum atomic E-state index is 0.686. The molecule has 1 rings (SSSR count). The van der Waals surface area contributed by atoms with Crippen LogP contribution in [0, 0.1) is 5.92 Å². The van der Waals surface area contributed by atoms with E-state index in [0.717, 1.165) is 12.5 Å². The van der Waals surface area contributed by atoms with Crippen LogP contribution in [0.25, 0.3) is 0 Å². The van der Waals surface area contributed by atoms with Gasteiger partial charge in [-0.25, -0.2) is 0 Å². The zero-order chi connectivity index (χ0) is 12.0. The number of nitrogens with one attached hydrogen (secondary N) is 1. The van der Waals surface area contributed by atoms with Crippen molar-refractivity contribution in [3.8, 4) is 0 Å². The third-order valence-electron chi connectivity index (χ3n) is 4.07. The van der Waals surface area contributed by atoms with Crippen molar-refractivity contribution in [2.45, 2.75) is 64.5 Å². The molecule has 0 aromatic carbocycles. The van der Waals surface area contributed by atoms with E-state index in [-0.39, 0.29) is 0 Å². The predicted octanol–water partition coefficient (Wildman–Crippen LogP) is 2.89. The van der Waals surface area contributed by atoms with E-state index in [0.29, 0.717) is 12.1 Å². The summed E-state index contributed by atoms with van der Waals surface area (Å²) < 4.78 is 0. The Balaban J connectivity index is 2.15. The number of hydrogen-bond acceptors (Lipinski definition) is 2. The minimum Gasteiger partial charge on any atom is -0.313 e. The Labute approximate surface area is 102 Å². The monoisotopic (exact) mass is 226 g/mol. The molecule has 16 heavy (non-hydrogen) atoms. The Morgan fingerprint density at radius 3 is 2.38 bits per heavy atom. The average Bonchev–Trinajstić information content (AvgIpc) is 2.70. The molecule has 2 unspecified atom stereocenters. The molecule has 2 nitrogen and oxygen atoms in total. The summed E-state index contributed by atoms with van der Waals surface area (Å²) in [6.07, 6.45) is 8.48. The maximum absolute atomic E-state index is 3.70. The highest BCUT2D eigenvalue weighted by atomic mass is 15.1. The average molecular weight is 226 g/mol. The largest absolute Gasteiger partial charge is 0.313 e. The number of rotatable bonds is 7. The van der Waals surface area contributed by atoms with Crippen LogP contribution in [0.4, 0.5) is 0 Å². The van der Waals surface area contributed by atoms with Gasteiger partial charge in [0.2, 0.25) is 0 Å². The van der Waals surface area contributed by atoms with Gasteiger partial charge in [0.25, 0.3) is 0 Å². The van der Waals surface area contributed by atoms with Crippen LogP contribution in [-0.4, -0.2) is 37.6 Å². The Hall–Kier alpha value is -0.0800. The Kier molecular flexibility index (Phi) is 6.37. The fourth-order valence-corrected chi connectivity index (χ4v) is 2.86. The quantitative estimate of drug-likeness (QED) is 0.718. The summed E-state index contributed by atoms with van der Waals surface area (Å²) in [5.74, 6) is 1.00. The lowest BCUT2D eigenvalue weighted by Gasteiger charge is -2.26. The van der Waals surface area contributed by atoms with E-state index in [2.05, 4.69) is 38.2 Å². The zero-order valence-corrected chi connectivity index (χ0v) is 11.6. The molecule has 0 radical (unpaired) electrons. The van der Waals surface area contributed by atoms with E-state index in [1.54, 1.807) is 0 Å². The van der Waals surface area contributed by atoms with E-state index in [4.69, 9.17) is 0 Å². The van der Waals surface area contributed by atoms with Crippen molar-refractivity contribution in [3.63, 3.8) is 0 Å². The molecule has 0 heterocycles. The van der Waals surface area contributed by atoms with Crippen molar-refractivity contribution in [2.24, 2.45) is 5.92 Å². The summed E-state index contributed by atoms with van der Waals surface area (Å²) in [7, 11) is 4.36. The van der Waals surface area contributed by atoms with Crippen LogP contribution >= 0.6 is 0 Å². The maximum Gasteiger partial charge on any atom is 0.0212 e. The molecular weight excluding hydrogens is 196 g/mol. The molecule has 0 aromatic rings. The minimum absolute atomic E-state index is 0.686. The first-order valence-corrected chi connectivity index (χ1v) is 7.03. The molecule has 2 atom stereocenters. The second kappa shape index (κ2) is 7.29. The number of nitrogens with zero attached hydrogens (tertiary/aromatic N) is 1. The summed E-state index contributed by atoms with van der Waals surface area (Å²) >= 11 is 0. The first-order valence-electron chi connectivity index (χ1n) is 7.03.